The van der Waals surface area contributed by atoms with E-state index >= 15 is 0 Å². The summed E-state index contributed by atoms with van der Waals surface area (Å²) < 4.78 is 27.8. The van der Waals surface area contributed by atoms with Crippen LogP contribution in [-0.2, 0) is 28.9 Å². The van der Waals surface area contributed by atoms with Crippen molar-refractivity contribution in [3.8, 4) is 39.4 Å². The molecule has 0 spiro atoms. The van der Waals surface area contributed by atoms with Crippen LogP contribution in [0.25, 0.3) is 43.7 Å². The number of aromatic nitrogens is 2. The second kappa shape index (κ2) is 14.7. The number of thiophene rings is 1. The minimum absolute atomic E-state index is 0.117. The SMILES string of the molecule is C=CC(=O)N1CCc2ncc(-c3nc4c5ccsc5c3-c3ccc(F)cc3OCCOC/C=C/CCCc3cc(NC)c(C=N)cc3-4)cc2C1. The number of allylic oxidation sites excluding steroid dienone is 1. The highest BCUT2D eigenvalue weighted by Crippen LogP contribution is 2.47. The molecule has 0 saturated heterocycles. The number of aryl methyl sites for hydroxylation is 1. The summed E-state index contributed by atoms with van der Waals surface area (Å²) in [4.78, 5) is 24.7. The predicted molar refractivity (Wildman–Crippen MR) is 199 cm³/mol. The summed E-state index contributed by atoms with van der Waals surface area (Å²) in [6.45, 7) is 5.74. The number of nitrogens with one attached hydrogen (secondary N) is 2. The number of amides is 1. The van der Waals surface area contributed by atoms with Crippen molar-refractivity contribution in [3.63, 3.8) is 0 Å². The fourth-order valence-corrected chi connectivity index (χ4v) is 7.72. The number of hydrogen-bond acceptors (Lipinski definition) is 8. The van der Waals surface area contributed by atoms with Gasteiger partial charge in [0, 0.05) is 94.3 Å². The molecule has 7 rings (SSSR count). The van der Waals surface area contributed by atoms with Crippen LogP contribution in [-0.4, -0.2) is 60.4 Å². The van der Waals surface area contributed by atoms with Gasteiger partial charge in [0.05, 0.1) is 24.6 Å². The third-order valence-electron chi connectivity index (χ3n) is 9.26. The van der Waals surface area contributed by atoms with Crippen molar-refractivity contribution in [1.82, 2.24) is 14.9 Å². The minimum atomic E-state index is -0.404. The number of fused-ring (bicyclic) bond motifs is 5. The number of rotatable bonds is 4. The van der Waals surface area contributed by atoms with E-state index in [1.165, 1.54) is 24.4 Å². The molecule has 254 valence electrons. The average molecular weight is 688 g/mol. The monoisotopic (exact) mass is 687 g/mol. The highest BCUT2D eigenvalue weighted by atomic mass is 32.1. The van der Waals surface area contributed by atoms with Crippen LogP contribution in [0.4, 0.5) is 10.1 Å². The molecule has 10 heteroatoms. The zero-order chi connectivity index (χ0) is 34.6. The first-order valence-electron chi connectivity index (χ1n) is 16.8. The smallest absolute Gasteiger partial charge is 0.246 e. The van der Waals surface area contributed by atoms with E-state index in [9.17, 15) is 9.18 Å². The molecule has 2 bridgehead atoms. The summed E-state index contributed by atoms with van der Waals surface area (Å²) in [6.07, 6.45) is 12.0. The Bertz CT molecular complexity index is 2140. The maximum Gasteiger partial charge on any atom is 0.246 e. The van der Waals surface area contributed by atoms with Gasteiger partial charge in [-0.15, -0.1) is 11.3 Å². The summed E-state index contributed by atoms with van der Waals surface area (Å²) >= 11 is 1.59. The second-order valence-corrected chi connectivity index (χ2v) is 13.2. The number of benzene rings is 2. The number of carbonyl (C=O) groups is 1. The van der Waals surface area contributed by atoms with Gasteiger partial charge >= 0.3 is 0 Å². The van der Waals surface area contributed by atoms with E-state index in [2.05, 4.69) is 47.6 Å². The van der Waals surface area contributed by atoms with Gasteiger partial charge in [-0.25, -0.2) is 9.37 Å². The van der Waals surface area contributed by atoms with Crippen LogP contribution in [0, 0.1) is 11.2 Å². The molecule has 8 nitrogen and oxygen atoms in total. The summed E-state index contributed by atoms with van der Waals surface area (Å²) in [6, 6.07) is 13.0. The molecule has 5 aromatic rings. The van der Waals surface area contributed by atoms with Crippen LogP contribution >= 0.6 is 11.3 Å². The van der Waals surface area contributed by atoms with Crippen molar-refractivity contribution >= 4 is 39.2 Å². The molecule has 2 aromatic carbocycles. The molecule has 5 heterocycles. The maximum absolute atomic E-state index is 14.8. The largest absolute Gasteiger partial charge is 0.490 e. The van der Waals surface area contributed by atoms with Gasteiger partial charge in [0.2, 0.25) is 5.91 Å². The molecule has 0 unspecified atom stereocenters. The van der Waals surface area contributed by atoms with Gasteiger partial charge in [-0.05, 0) is 78.2 Å². The third-order valence-corrected chi connectivity index (χ3v) is 10.2. The van der Waals surface area contributed by atoms with Gasteiger partial charge in [0.1, 0.15) is 18.2 Å². The van der Waals surface area contributed by atoms with Gasteiger partial charge in [-0.2, -0.15) is 0 Å². The first-order valence-corrected chi connectivity index (χ1v) is 17.7. The first-order chi connectivity index (χ1) is 24.5. The van der Waals surface area contributed by atoms with Crippen molar-refractivity contribution < 1.29 is 18.7 Å². The summed E-state index contributed by atoms with van der Waals surface area (Å²) in [7, 11) is 1.87. The number of carbonyl (C=O) groups excluding carboxylic acids is 1. The topological polar surface area (TPSA) is 100 Å². The minimum Gasteiger partial charge on any atom is -0.490 e. The zero-order valence-electron chi connectivity index (χ0n) is 27.9. The molecule has 2 aliphatic rings. The molecule has 0 fully saturated rings. The predicted octanol–water partition coefficient (Wildman–Crippen LogP) is 8.23. The van der Waals surface area contributed by atoms with E-state index in [0.717, 1.165) is 79.8 Å². The van der Waals surface area contributed by atoms with Crippen molar-refractivity contribution in [2.45, 2.75) is 32.2 Å². The maximum atomic E-state index is 14.8. The van der Waals surface area contributed by atoms with E-state index in [1.54, 1.807) is 22.3 Å². The van der Waals surface area contributed by atoms with E-state index in [1.807, 2.05) is 19.3 Å². The standard InChI is InChI=1S/C40H38FN5O3S/c1-3-36(47)46-13-11-33-28(24-46)18-27(23-44-33)38-37-30-10-9-29(41)21-35(30)49-16-15-48-14-7-5-4-6-8-25-20-34(43-2)26(22-42)19-32(25)39(45-38)31-12-17-50-40(31)37/h3,5,7,9-10,12,17-23,42-43H,1,4,6,8,11,13-16,24H2,2H3/b7-5+,42-22?. The van der Waals surface area contributed by atoms with Crippen LogP contribution in [0.5, 0.6) is 5.75 Å². The van der Waals surface area contributed by atoms with Crippen LogP contribution in [0.1, 0.15) is 35.2 Å². The van der Waals surface area contributed by atoms with E-state index in [-0.39, 0.29) is 12.5 Å². The lowest BCUT2D eigenvalue weighted by Gasteiger charge is -2.27. The molecular formula is C40H38FN5O3S. The molecule has 0 atom stereocenters. The molecule has 1 amide bonds. The van der Waals surface area contributed by atoms with Crippen molar-refractivity contribution in [1.29, 1.82) is 5.41 Å². The summed E-state index contributed by atoms with van der Waals surface area (Å²) in [5.41, 5.74) is 9.40. The van der Waals surface area contributed by atoms with Crippen LogP contribution < -0.4 is 10.1 Å². The zero-order valence-corrected chi connectivity index (χ0v) is 28.7. The molecule has 2 N–H and O–H groups in total. The molecule has 0 radical (unpaired) electrons. The van der Waals surface area contributed by atoms with E-state index in [0.29, 0.717) is 49.7 Å². The number of halogens is 1. The Morgan fingerprint density at radius 1 is 1.08 bits per heavy atom. The van der Waals surface area contributed by atoms with Crippen LogP contribution in [0.2, 0.25) is 0 Å². The number of anilines is 1. The van der Waals surface area contributed by atoms with Gasteiger partial charge in [0.15, 0.2) is 0 Å². The lowest BCUT2D eigenvalue weighted by atomic mass is 9.91. The Morgan fingerprint density at radius 2 is 1.98 bits per heavy atom. The highest BCUT2D eigenvalue weighted by molar-refractivity contribution is 7.18. The van der Waals surface area contributed by atoms with Crippen molar-refractivity contribution in [2.24, 2.45) is 0 Å². The Labute approximate surface area is 294 Å². The number of ether oxygens (including phenoxy) is 2. The average Bonchev–Trinajstić information content (AvgIpc) is 3.64. The Kier molecular flexibility index (Phi) is 9.82. The molecule has 0 aliphatic carbocycles. The second-order valence-electron chi connectivity index (χ2n) is 12.3. The summed E-state index contributed by atoms with van der Waals surface area (Å²) in [5.74, 6) is -0.123. The van der Waals surface area contributed by atoms with Crippen molar-refractivity contribution in [3.05, 3.63) is 107 Å². The van der Waals surface area contributed by atoms with Crippen LogP contribution in [0.15, 0.2) is 78.8 Å². The number of nitrogens with zero attached hydrogens (tertiary/aromatic N) is 3. The van der Waals surface area contributed by atoms with E-state index in [4.69, 9.17) is 24.9 Å². The van der Waals surface area contributed by atoms with E-state index < -0.39 is 5.82 Å². The lowest BCUT2D eigenvalue weighted by molar-refractivity contribution is -0.126. The molecule has 0 saturated carbocycles. The Morgan fingerprint density at radius 3 is 2.82 bits per heavy atom. The molecule has 3 aromatic heterocycles. The van der Waals surface area contributed by atoms with Gasteiger partial charge < -0.3 is 25.1 Å². The van der Waals surface area contributed by atoms with Crippen LogP contribution in [0.3, 0.4) is 0 Å². The molecule has 50 heavy (non-hydrogen) atoms. The van der Waals surface area contributed by atoms with Gasteiger partial charge in [0.25, 0.3) is 0 Å². The van der Waals surface area contributed by atoms with Gasteiger partial charge in [-0.1, -0.05) is 18.7 Å². The fourth-order valence-electron chi connectivity index (χ4n) is 6.77. The van der Waals surface area contributed by atoms with Gasteiger partial charge in [-0.3, -0.25) is 9.78 Å². The summed E-state index contributed by atoms with van der Waals surface area (Å²) in [5, 5.41) is 14.5. The molecule has 2 aliphatic heterocycles. The fraction of sp³-hybridized carbons (Fsp3) is 0.250. The normalized spacial score (nSPS) is 15.5. The number of pyridine rings is 2. The lowest BCUT2D eigenvalue weighted by Crippen LogP contribution is -2.35. The first kappa shape index (κ1) is 33.3. The number of hydrogen-bond donors (Lipinski definition) is 2. The Balaban J connectivity index is 1.52. The highest BCUT2D eigenvalue weighted by Gasteiger charge is 2.26. The third kappa shape index (κ3) is 6.56. The quantitative estimate of drug-likeness (QED) is 0.112. The molecular weight excluding hydrogens is 650 g/mol. The van der Waals surface area contributed by atoms with Crippen molar-refractivity contribution in [2.75, 3.05) is 38.7 Å². The Hall–Kier alpha value is -5.19.